The van der Waals surface area contributed by atoms with Crippen molar-refractivity contribution in [2.24, 2.45) is 0 Å². The molecular weight excluding hydrogens is 334 g/mol. The number of aromatic carboxylic acids is 1. The summed E-state index contributed by atoms with van der Waals surface area (Å²) in [6, 6.07) is 3.68. The molecule has 6 heteroatoms. The quantitative estimate of drug-likeness (QED) is 0.915. The van der Waals surface area contributed by atoms with Gasteiger partial charge in [0.2, 0.25) is 0 Å². The maximum absolute atomic E-state index is 11.5. The molecule has 21 heavy (non-hydrogen) atoms. The molecule has 3 rings (SSSR count). The van der Waals surface area contributed by atoms with E-state index in [0.29, 0.717) is 17.1 Å². The molecule has 2 heterocycles. The first-order valence-electron chi connectivity index (χ1n) is 7.10. The molecule has 5 nitrogen and oxygen atoms in total. The number of hydrogen-bond donors (Lipinski definition) is 1. The second kappa shape index (κ2) is 5.97. The Labute approximate surface area is 131 Å². The van der Waals surface area contributed by atoms with Crippen molar-refractivity contribution in [2.75, 3.05) is 0 Å². The Morgan fingerprint density at radius 2 is 2.05 bits per heavy atom. The molecule has 0 atom stereocenters. The van der Waals surface area contributed by atoms with E-state index < -0.39 is 5.97 Å². The lowest BCUT2D eigenvalue weighted by atomic mass is 9.85. The number of pyridine rings is 1. The highest BCUT2D eigenvalue weighted by atomic mass is 79.9. The molecule has 0 aromatic carbocycles. The molecule has 2 aromatic rings. The number of nitrogens with zero attached hydrogens (tertiary/aromatic N) is 3. The van der Waals surface area contributed by atoms with E-state index in [0.717, 1.165) is 30.2 Å². The van der Waals surface area contributed by atoms with Crippen LogP contribution in [0.4, 0.5) is 0 Å². The molecule has 1 aliphatic carbocycles. The molecule has 0 amide bonds. The maximum Gasteiger partial charge on any atom is 0.339 e. The van der Waals surface area contributed by atoms with E-state index in [1.807, 2.05) is 12.1 Å². The van der Waals surface area contributed by atoms with E-state index >= 15 is 0 Å². The third kappa shape index (κ3) is 3.00. The number of carboxylic acid groups (broad SMARTS) is 1. The van der Waals surface area contributed by atoms with Crippen LogP contribution in [-0.4, -0.2) is 25.8 Å². The fraction of sp³-hybridized carbons (Fsp3) is 0.400. The van der Waals surface area contributed by atoms with Gasteiger partial charge in [0.05, 0.1) is 5.69 Å². The van der Waals surface area contributed by atoms with Crippen LogP contribution in [0.5, 0.6) is 0 Å². The Morgan fingerprint density at radius 1 is 1.29 bits per heavy atom. The van der Waals surface area contributed by atoms with Crippen LogP contribution in [0.2, 0.25) is 0 Å². The smallest absolute Gasteiger partial charge is 0.339 e. The predicted molar refractivity (Wildman–Crippen MR) is 81.8 cm³/mol. The van der Waals surface area contributed by atoms with E-state index in [9.17, 15) is 9.90 Å². The Kier molecular flexibility index (Phi) is 4.05. The van der Waals surface area contributed by atoms with Crippen LogP contribution in [0.25, 0.3) is 5.82 Å². The van der Waals surface area contributed by atoms with Crippen molar-refractivity contribution < 1.29 is 9.90 Å². The molecule has 110 valence electrons. The highest BCUT2D eigenvalue weighted by Crippen LogP contribution is 2.33. The van der Waals surface area contributed by atoms with Crippen LogP contribution in [0.1, 0.15) is 54.1 Å². The first kappa shape index (κ1) is 14.3. The number of aromatic nitrogens is 3. The number of carboxylic acids is 1. The maximum atomic E-state index is 11.5. The summed E-state index contributed by atoms with van der Waals surface area (Å²) in [5.74, 6) is -0.0387. The van der Waals surface area contributed by atoms with Crippen LogP contribution < -0.4 is 0 Å². The van der Waals surface area contributed by atoms with Crippen LogP contribution in [0.15, 0.2) is 29.0 Å². The normalized spacial score (nSPS) is 16.0. The van der Waals surface area contributed by atoms with Crippen LogP contribution in [0, 0.1) is 0 Å². The minimum absolute atomic E-state index is 0.251. The molecule has 1 fully saturated rings. The summed E-state index contributed by atoms with van der Waals surface area (Å²) in [5.41, 5.74) is 0.999. The van der Waals surface area contributed by atoms with Crippen molar-refractivity contribution in [2.45, 2.75) is 38.0 Å². The van der Waals surface area contributed by atoms with Crippen molar-refractivity contribution >= 4 is 21.9 Å². The molecule has 0 unspecified atom stereocenters. The van der Waals surface area contributed by atoms with E-state index in [1.54, 1.807) is 17.1 Å². The van der Waals surface area contributed by atoms with E-state index in [2.05, 4.69) is 26.0 Å². The second-order valence-electron chi connectivity index (χ2n) is 5.35. The van der Waals surface area contributed by atoms with Gasteiger partial charge in [0.25, 0.3) is 0 Å². The monoisotopic (exact) mass is 349 g/mol. The molecule has 1 N–H and O–H groups in total. The minimum Gasteiger partial charge on any atom is -0.478 e. The fourth-order valence-electron chi connectivity index (χ4n) is 2.85. The van der Waals surface area contributed by atoms with Crippen molar-refractivity contribution in [1.29, 1.82) is 0 Å². The summed E-state index contributed by atoms with van der Waals surface area (Å²) in [7, 11) is 0. The van der Waals surface area contributed by atoms with E-state index in [4.69, 9.17) is 0 Å². The van der Waals surface area contributed by atoms with Crippen LogP contribution in [-0.2, 0) is 0 Å². The van der Waals surface area contributed by atoms with Gasteiger partial charge in [0, 0.05) is 22.8 Å². The number of carbonyl (C=O) groups is 1. The zero-order valence-electron chi connectivity index (χ0n) is 11.5. The largest absolute Gasteiger partial charge is 0.478 e. The lowest BCUT2D eigenvalue weighted by molar-refractivity contribution is 0.0694. The summed E-state index contributed by atoms with van der Waals surface area (Å²) in [6.45, 7) is 0. The van der Waals surface area contributed by atoms with Gasteiger partial charge in [-0.05, 0) is 40.9 Å². The molecule has 0 saturated heterocycles. The average molecular weight is 350 g/mol. The molecule has 0 bridgehead atoms. The van der Waals surface area contributed by atoms with Crippen LogP contribution in [0.3, 0.4) is 0 Å². The molecular formula is C15H16BrN3O2. The van der Waals surface area contributed by atoms with Gasteiger partial charge in [-0.15, -0.1) is 0 Å². The molecule has 0 radical (unpaired) electrons. The predicted octanol–water partition coefficient (Wildman–Crippen LogP) is 3.78. The number of halogens is 1. The van der Waals surface area contributed by atoms with Crippen molar-refractivity contribution in [3.8, 4) is 5.82 Å². The van der Waals surface area contributed by atoms with Gasteiger partial charge >= 0.3 is 5.97 Å². The molecule has 2 aromatic heterocycles. The highest BCUT2D eigenvalue weighted by Gasteiger charge is 2.25. The SMILES string of the molecule is O=C(O)c1cn(-c2ccc(Br)cn2)nc1C1CCCCC1. The van der Waals surface area contributed by atoms with Gasteiger partial charge < -0.3 is 5.11 Å². The number of rotatable bonds is 3. The van der Waals surface area contributed by atoms with E-state index in [-0.39, 0.29) is 5.92 Å². The molecule has 1 saturated carbocycles. The average Bonchev–Trinajstić information content (AvgIpc) is 2.94. The van der Waals surface area contributed by atoms with Gasteiger partial charge in [0.1, 0.15) is 5.56 Å². The second-order valence-corrected chi connectivity index (χ2v) is 6.26. The van der Waals surface area contributed by atoms with Crippen molar-refractivity contribution in [1.82, 2.24) is 14.8 Å². The highest BCUT2D eigenvalue weighted by molar-refractivity contribution is 9.10. The Bertz CT molecular complexity index is 645. The van der Waals surface area contributed by atoms with Gasteiger partial charge in [-0.2, -0.15) is 5.10 Å². The Balaban J connectivity index is 1.99. The summed E-state index contributed by atoms with van der Waals surface area (Å²) in [5, 5.41) is 13.9. The Morgan fingerprint density at radius 3 is 2.67 bits per heavy atom. The lowest BCUT2D eigenvalue weighted by Crippen LogP contribution is -2.10. The summed E-state index contributed by atoms with van der Waals surface area (Å²) in [6.07, 6.45) is 8.81. The van der Waals surface area contributed by atoms with Gasteiger partial charge in [-0.3, -0.25) is 0 Å². The summed E-state index contributed by atoms with van der Waals surface area (Å²) < 4.78 is 2.45. The molecule has 0 aliphatic heterocycles. The summed E-state index contributed by atoms with van der Waals surface area (Å²) >= 11 is 3.34. The third-order valence-corrected chi connectivity index (χ3v) is 4.38. The topological polar surface area (TPSA) is 68.0 Å². The lowest BCUT2D eigenvalue weighted by Gasteiger charge is -2.20. The van der Waals surface area contributed by atoms with Gasteiger partial charge in [-0.1, -0.05) is 19.3 Å². The first-order valence-corrected chi connectivity index (χ1v) is 7.89. The first-order chi connectivity index (χ1) is 10.1. The standard InChI is InChI=1S/C15H16BrN3O2/c16-11-6-7-13(17-8-11)19-9-12(15(20)21)14(18-19)10-4-2-1-3-5-10/h6-10H,1-5H2,(H,20,21). The van der Waals surface area contributed by atoms with Crippen LogP contribution >= 0.6 is 15.9 Å². The van der Waals surface area contributed by atoms with Gasteiger partial charge in [0.15, 0.2) is 5.82 Å². The fourth-order valence-corrected chi connectivity index (χ4v) is 3.09. The Hall–Kier alpha value is -1.69. The summed E-state index contributed by atoms with van der Waals surface area (Å²) in [4.78, 5) is 15.8. The minimum atomic E-state index is -0.918. The van der Waals surface area contributed by atoms with Crippen molar-refractivity contribution in [3.05, 3.63) is 40.3 Å². The zero-order chi connectivity index (χ0) is 14.8. The molecule has 0 spiro atoms. The molecule has 1 aliphatic rings. The zero-order valence-corrected chi connectivity index (χ0v) is 13.1. The third-order valence-electron chi connectivity index (χ3n) is 3.91. The van der Waals surface area contributed by atoms with E-state index in [1.165, 1.54) is 6.42 Å². The van der Waals surface area contributed by atoms with Crippen molar-refractivity contribution in [3.63, 3.8) is 0 Å². The van der Waals surface area contributed by atoms with Gasteiger partial charge in [-0.25, -0.2) is 14.5 Å². The number of hydrogen-bond acceptors (Lipinski definition) is 3.